The Bertz CT molecular complexity index is 405. The van der Waals surface area contributed by atoms with E-state index in [0.717, 1.165) is 19.3 Å². The number of nitrogens with one attached hydrogen (secondary N) is 1. The average molecular weight is 254 g/mol. The first-order chi connectivity index (χ1) is 8.72. The smallest absolute Gasteiger partial charge is 0.256 e. The molecular formula is C12H18N2O4. The lowest BCUT2D eigenvalue weighted by atomic mass is 10.1. The van der Waals surface area contributed by atoms with Gasteiger partial charge in [0.2, 0.25) is 0 Å². The number of rotatable bonds is 5. The van der Waals surface area contributed by atoms with E-state index >= 15 is 0 Å². The van der Waals surface area contributed by atoms with Gasteiger partial charge in [0, 0.05) is 19.6 Å². The van der Waals surface area contributed by atoms with Crippen LogP contribution in [0.4, 0.5) is 0 Å². The Hall–Kier alpha value is -1.40. The molecule has 1 aromatic rings. The van der Waals surface area contributed by atoms with Crippen molar-refractivity contribution in [2.75, 3.05) is 13.7 Å². The van der Waals surface area contributed by atoms with Gasteiger partial charge in [0.15, 0.2) is 0 Å². The Balaban J connectivity index is 1.89. The minimum Gasteiger partial charge on any atom is -0.393 e. The van der Waals surface area contributed by atoms with Crippen LogP contribution < -0.4 is 5.32 Å². The van der Waals surface area contributed by atoms with Gasteiger partial charge >= 0.3 is 0 Å². The summed E-state index contributed by atoms with van der Waals surface area (Å²) >= 11 is 0. The second kappa shape index (κ2) is 5.97. The van der Waals surface area contributed by atoms with Gasteiger partial charge in [-0.05, 0) is 12.8 Å². The zero-order chi connectivity index (χ0) is 13.0. The minimum atomic E-state index is -0.300. The van der Waals surface area contributed by atoms with Crippen LogP contribution in [0.5, 0.6) is 0 Å². The van der Waals surface area contributed by atoms with Crippen molar-refractivity contribution in [2.24, 2.45) is 5.92 Å². The summed E-state index contributed by atoms with van der Waals surface area (Å²) in [6, 6.07) is 0. The number of amides is 1. The zero-order valence-electron chi connectivity index (χ0n) is 10.4. The summed E-state index contributed by atoms with van der Waals surface area (Å²) in [5.41, 5.74) is 0.881. The molecule has 1 saturated carbocycles. The lowest BCUT2D eigenvalue weighted by Gasteiger charge is -2.14. The summed E-state index contributed by atoms with van der Waals surface area (Å²) in [4.78, 5) is 11.9. The molecule has 18 heavy (non-hydrogen) atoms. The van der Waals surface area contributed by atoms with Crippen molar-refractivity contribution in [3.05, 3.63) is 17.5 Å². The molecule has 2 rings (SSSR count). The molecule has 2 N–H and O–H groups in total. The molecule has 0 bridgehead atoms. The predicted octanol–water partition coefficient (Wildman–Crippen LogP) is 0.712. The highest BCUT2D eigenvalue weighted by Crippen LogP contribution is 2.24. The third-order valence-electron chi connectivity index (χ3n) is 3.31. The maximum atomic E-state index is 11.9. The first kappa shape index (κ1) is 13.0. The molecule has 2 atom stereocenters. The van der Waals surface area contributed by atoms with Crippen LogP contribution >= 0.6 is 0 Å². The van der Waals surface area contributed by atoms with Crippen LogP contribution in [0.3, 0.4) is 0 Å². The van der Waals surface area contributed by atoms with Crippen molar-refractivity contribution >= 4 is 5.91 Å². The molecule has 1 aromatic heterocycles. The van der Waals surface area contributed by atoms with Gasteiger partial charge in [-0.15, -0.1) is 0 Å². The normalized spacial score (nSPS) is 23.2. The van der Waals surface area contributed by atoms with E-state index in [4.69, 9.17) is 9.26 Å². The molecule has 6 nitrogen and oxygen atoms in total. The standard InChI is InChI=1S/C12H18N2O4/c1-17-7-10-9(6-18-14-10)12(16)13-5-8-3-2-4-11(8)15/h6,8,11,15H,2-5,7H2,1H3,(H,13,16)/t8-,11+/m1/s1. The van der Waals surface area contributed by atoms with Crippen molar-refractivity contribution in [1.82, 2.24) is 10.5 Å². The predicted molar refractivity (Wildman–Crippen MR) is 62.9 cm³/mol. The van der Waals surface area contributed by atoms with Gasteiger partial charge in [-0.25, -0.2) is 0 Å². The molecule has 0 aromatic carbocycles. The summed E-state index contributed by atoms with van der Waals surface area (Å²) in [6.45, 7) is 0.725. The average Bonchev–Trinajstić information content (AvgIpc) is 2.96. The van der Waals surface area contributed by atoms with E-state index in [1.165, 1.54) is 13.4 Å². The number of methoxy groups -OCH3 is 1. The molecule has 1 fully saturated rings. The van der Waals surface area contributed by atoms with Crippen LogP contribution in [0.15, 0.2) is 10.8 Å². The van der Waals surface area contributed by atoms with Gasteiger partial charge in [0.1, 0.15) is 17.5 Å². The Morgan fingerprint density at radius 3 is 3.17 bits per heavy atom. The third kappa shape index (κ3) is 2.88. The van der Waals surface area contributed by atoms with Gasteiger partial charge in [-0.1, -0.05) is 11.6 Å². The van der Waals surface area contributed by atoms with Gasteiger partial charge in [-0.3, -0.25) is 4.79 Å². The number of carbonyl (C=O) groups excluding carboxylic acids is 1. The van der Waals surface area contributed by atoms with Gasteiger partial charge in [0.25, 0.3) is 5.91 Å². The van der Waals surface area contributed by atoms with Crippen molar-refractivity contribution in [3.63, 3.8) is 0 Å². The molecule has 1 aliphatic carbocycles. The highest BCUT2D eigenvalue weighted by Gasteiger charge is 2.26. The summed E-state index contributed by atoms with van der Waals surface area (Å²) in [7, 11) is 1.53. The second-order valence-corrected chi connectivity index (χ2v) is 4.58. The molecule has 1 amide bonds. The van der Waals surface area contributed by atoms with E-state index in [9.17, 15) is 9.90 Å². The lowest BCUT2D eigenvalue weighted by Crippen LogP contribution is -2.32. The summed E-state index contributed by atoms with van der Waals surface area (Å²) in [6.07, 6.45) is 3.81. The minimum absolute atomic E-state index is 0.152. The molecule has 1 aliphatic rings. The Kier molecular flexibility index (Phi) is 4.33. The number of nitrogens with zero attached hydrogens (tertiary/aromatic N) is 1. The summed E-state index contributed by atoms with van der Waals surface area (Å²) < 4.78 is 9.70. The molecular weight excluding hydrogens is 236 g/mol. The van der Waals surface area contributed by atoms with Gasteiger partial charge in [0.05, 0.1) is 12.7 Å². The van der Waals surface area contributed by atoms with E-state index in [-0.39, 0.29) is 24.5 Å². The number of aliphatic hydroxyl groups is 1. The summed E-state index contributed by atoms with van der Waals surface area (Å²) in [5, 5.41) is 16.2. The Morgan fingerprint density at radius 2 is 2.50 bits per heavy atom. The Labute approximate surface area is 105 Å². The second-order valence-electron chi connectivity index (χ2n) is 4.58. The molecule has 100 valence electrons. The van der Waals surface area contributed by atoms with Crippen LogP contribution in [-0.4, -0.2) is 35.9 Å². The van der Waals surface area contributed by atoms with Crippen molar-refractivity contribution in [1.29, 1.82) is 0 Å². The maximum absolute atomic E-state index is 11.9. The fraction of sp³-hybridized carbons (Fsp3) is 0.667. The van der Waals surface area contributed by atoms with Crippen LogP contribution in [0.2, 0.25) is 0 Å². The first-order valence-electron chi connectivity index (χ1n) is 6.10. The molecule has 0 saturated heterocycles. The molecule has 0 spiro atoms. The van der Waals surface area contributed by atoms with Crippen molar-refractivity contribution in [3.8, 4) is 0 Å². The number of aliphatic hydroxyl groups excluding tert-OH is 1. The third-order valence-corrected chi connectivity index (χ3v) is 3.31. The van der Waals surface area contributed by atoms with E-state index in [0.29, 0.717) is 17.8 Å². The highest BCUT2D eigenvalue weighted by molar-refractivity contribution is 5.94. The zero-order valence-corrected chi connectivity index (χ0v) is 10.4. The van der Waals surface area contributed by atoms with Gasteiger partial charge in [-0.2, -0.15) is 0 Å². The number of hydrogen-bond donors (Lipinski definition) is 2. The number of hydrogen-bond acceptors (Lipinski definition) is 5. The first-order valence-corrected chi connectivity index (χ1v) is 6.10. The molecule has 0 aliphatic heterocycles. The Morgan fingerprint density at radius 1 is 1.67 bits per heavy atom. The topological polar surface area (TPSA) is 84.6 Å². The molecule has 6 heteroatoms. The van der Waals surface area contributed by atoms with Gasteiger partial charge < -0.3 is 19.7 Å². The fourth-order valence-electron chi connectivity index (χ4n) is 2.26. The van der Waals surface area contributed by atoms with Crippen LogP contribution in [-0.2, 0) is 11.3 Å². The monoisotopic (exact) mass is 254 g/mol. The van der Waals surface area contributed by atoms with E-state index in [1.54, 1.807) is 0 Å². The van der Waals surface area contributed by atoms with Crippen molar-refractivity contribution < 1.29 is 19.2 Å². The fourth-order valence-corrected chi connectivity index (χ4v) is 2.26. The largest absolute Gasteiger partial charge is 0.393 e. The van der Waals surface area contributed by atoms with E-state index in [1.807, 2.05) is 0 Å². The SMILES string of the molecule is COCc1nocc1C(=O)NC[C@H]1CCC[C@@H]1O. The molecule has 1 heterocycles. The quantitative estimate of drug-likeness (QED) is 0.808. The van der Waals surface area contributed by atoms with Crippen LogP contribution in [0, 0.1) is 5.92 Å². The van der Waals surface area contributed by atoms with Crippen LogP contribution in [0.1, 0.15) is 35.3 Å². The number of ether oxygens (including phenoxy) is 1. The lowest BCUT2D eigenvalue weighted by molar-refractivity contribution is 0.0912. The van der Waals surface area contributed by atoms with Crippen molar-refractivity contribution in [2.45, 2.75) is 32.0 Å². The number of carbonyl (C=O) groups is 1. The van der Waals surface area contributed by atoms with Crippen LogP contribution in [0.25, 0.3) is 0 Å². The molecule has 0 radical (unpaired) electrons. The van der Waals surface area contributed by atoms with E-state index in [2.05, 4.69) is 10.5 Å². The molecule has 0 unspecified atom stereocenters. The maximum Gasteiger partial charge on any atom is 0.256 e. The highest BCUT2D eigenvalue weighted by atomic mass is 16.5. The van der Waals surface area contributed by atoms with E-state index < -0.39 is 0 Å². The summed E-state index contributed by atoms with van der Waals surface area (Å²) in [5.74, 6) is -0.0814. The number of aromatic nitrogens is 1.